The average Bonchev–Trinajstić information content (AvgIpc) is 3.36. The molecule has 2 N–H and O–H groups in total. The minimum Gasteiger partial charge on any atom is -0.492 e. The van der Waals surface area contributed by atoms with Gasteiger partial charge in [0.05, 0.1) is 23.9 Å². The molecule has 0 fully saturated rings. The Morgan fingerprint density at radius 3 is 2.23 bits per heavy atom. The van der Waals surface area contributed by atoms with Crippen LogP contribution in [0.4, 0.5) is 0 Å². The maximum atomic E-state index is 12.8. The molecular weight excluding hydrogens is 566 g/mol. The number of fused-ring (bicyclic) bond motifs is 1. The lowest BCUT2D eigenvalue weighted by molar-refractivity contribution is -0.142. The first kappa shape index (κ1) is 29.3. The smallest absolute Gasteiger partial charge is 0.328 e. The van der Waals surface area contributed by atoms with Crippen molar-refractivity contribution >= 4 is 39.1 Å². The Labute approximate surface area is 251 Å². The molecule has 4 aromatic carbocycles. The minimum absolute atomic E-state index is 0.111. The second-order valence-electron chi connectivity index (χ2n) is 9.63. The number of rotatable bonds is 11. The van der Waals surface area contributed by atoms with Crippen molar-refractivity contribution in [2.24, 2.45) is 5.16 Å². The van der Waals surface area contributed by atoms with Gasteiger partial charge in [0, 0.05) is 23.1 Å². The van der Waals surface area contributed by atoms with E-state index in [1.807, 2.05) is 66.7 Å². The van der Waals surface area contributed by atoms with E-state index in [-0.39, 0.29) is 23.8 Å². The maximum absolute atomic E-state index is 12.8. The summed E-state index contributed by atoms with van der Waals surface area (Å²) in [5.41, 5.74) is 3.95. The molecule has 1 atom stereocenters. The highest BCUT2D eigenvalue weighted by molar-refractivity contribution is 7.16. The molecule has 0 aliphatic carbocycles. The third-order valence-corrected chi connectivity index (χ3v) is 7.80. The minimum atomic E-state index is -0.851. The molecule has 43 heavy (non-hydrogen) atoms. The summed E-state index contributed by atoms with van der Waals surface area (Å²) in [7, 11) is 1.28. The quantitative estimate of drug-likeness (QED) is 0.0972. The van der Waals surface area contributed by atoms with Crippen LogP contribution in [0, 0.1) is 0 Å². The van der Waals surface area contributed by atoms with Gasteiger partial charge in [0.2, 0.25) is 0 Å². The van der Waals surface area contributed by atoms with E-state index >= 15 is 0 Å². The second kappa shape index (κ2) is 13.6. The normalized spacial score (nSPS) is 12.1. The van der Waals surface area contributed by atoms with Crippen molar-refractivity contribution < 1.29 is 24.3 Å². The van der Waals surface area contributed by atoms with Gasteiger partial charge in [0.25, 0.3) is 5.91 Å². The molecule has 1 heterocycles. The highest BCUT2D eigenvalue weighted by atomic mass is 32.1. The molecule has 0 aliphatic heterocycles. The van der Waals surface area contributed by atoms with Crippen LogP contribution < -0.4 is 14.9 Å². The molecule has 0 saturated heterocycles. The molecular formula is C33H29N3O6S. The summed E-state index contributed by atoms with van der Waals surface area (Å²) >= 11 is 1.12. The fraction of sp³-hybridized carbons (Fsp3) is 0.152. The van der Waals surface area contributed by atoms with Crippen molar-refractivity contribution in [1.82, 2.24) is 9.88 Å². The first-order valence-electron chi connectivity index (χ1n) is 13.5. The van der Waals surface area contributed by atoms with Crippen molar-refractivity contribution in [3.05, 3.63) is 135 Å². The second-order valence-corrected chi connectivity index (χ2v) is 10.6. The van der Waals surface area contributed by atoms with Crippen molar-refractivity contribution in [3.8, 4) is 5.75 Å². The number of amides is 1. The van der Waals surface area contributed by atoms with Crippen LogP contribution in [0.15, 0.2) is 113 Å². The molecule has 1 aromatic heterocycles. The number of carbonyl (C=O) groups excluding carboxylic acids is 2. The van der Waals surface area contributed by atoms with Crippen LogP contribution in [0.1, 0.15) is 27.0 Å². The summed E-state index contributed by atoms with van der Waals surface area (Å²) < 4.78 is 13.2. The van der Waals surface area contributed by atoms with Crippen LogP contribution in [0.3, 0.4) is 0 Å². The number of nitrogens with one attached hydrogen (secondary N) is 1. The summed E-state index contributed by atoms with van der Waals surface area (Å²) in [6.45, 7) is 0.605. The molecule has 1 amide bonds. The number of benzene rings is 4. The molecule has 0 aliphatic rings. The predicted octanol–water partition coefficient (Wildman–Crippen LogP) is 4.88. The molecule has 0 radical (unpaired) electrons. The molecule has 0 saturated carbocycles. The molecule has 5 rings (SSSR count). The number of nitrogens with zero attached hydrogens (tertiary/aromatic N) is 2. The monoisotopic (exact) mass is 595 g/mol. The zero-order chi connectivity index (χ0) is 30.2. The number of ether oxygens (including phenoxy) is 2. The number of hydrogen-bond donors (Lipinski definition) is 2. The number of carbonyl (C=O) groups is 2. The van der Waals surface area contributed by atoms with E-state index in [4.69, 9.17) is 9.47 Å². The first-order chi connectivity index (χ1) is 21.0. The van der Waals surface area contributed by atoms with Gasteiger partial charge in [-0.3, -0.25) is 14.2 Å². The molecule has 5 aromatic rings. The molecule has 10 heteroatoms. The van der Waals surface area contributed by atoms with Gasteiger partial charge in [0.1, 0.15) is 24.1 Å². The topological polar surface area (TPSA) is 119 Å². The fourth-order valence-corrected chi connectivity index (χ4v) is 5.64. The number of hydrogen-bond acceptors (Lipinski definition) is 8. The van der Waals surface area contributed by atoms with Crippen molar-refractivity contribution in [2.75, 3.05) is 13.7 Å². The standard InChI is InChI=1S/C33H29N3O6S/c1-41-32(38)27(34-31(37)24-10-6-3-7-11-24)20-22-12-15-26(16-13-22)42-19-18-36-28-17-14-25(21-29(28)43-33(36)39)30(35-40)23-8-4-2-5-9-23/h2-17,21,27,40H,18-20H2,1H3,(H,34,37). The van der Waals surface area contributed by atoms with E-state index in [0.29, 0.717) is 29.1 Å². The Kier molecular flexibility index (Phi) is 9.28. The van der Waals surface area contributed by atoms with Gasteiger partial charge in [-0.05, 0) is 42.0 Å². The largest absolute Gasteiger partial charge is 0.492 e. The van der Waals surface area contributed by atoms with Crippen LogP contribution in [-0.2, 0) is 22.5 Å². The Balaban J connectivity index is 1.21. The first-order valence-corrected chi connectivity index (χ1v) is 14.3. The Morgan fingerprint density at radius 1 is 0.907 bits per heavy atom. The average molecular weight is 596 g/mol. The van der Waals surface area contributed by atoms with E-state index in [2.05, 4.69) is 10.5 Å². The number of methoxy groups -OCH3 is 1. The van der Waals surface area contributed by atoms with Crippen LogP contribution in [0.25, 0.3) is 10.2 Å². The third-order valence-electron chi connectivity index (χ3n) is 6.86. The lowest BCUT2D eigenvalue weighted by Gasteiger charge is -2.17. The van der Waals surface area contributed by atoms with Crippen LogP contribution in [0.2, 0.25) is 0 Å². The van der Waals surface area contributed by atoms with E-state index < -0.39 is 12.0 Å². The van der Waals surface area contributed by atoms with Gasteiger partial charge in [-0.15, -0.1) is 0 Å². The fourth-order valence-electron chi connectivity index (χ4n) is 4.68. The van der Waals surface area contributed by atoms with Gasteiger partial charge < -0.3 is 20.0 Å². The lowest BCUT2D eigenvalue weighted by atomic mass is 10.0. The summed E-state index contributed by atoms with van der Waals surface area (Å²) in [5, 5.41) is 15.9. The van der Waals surface area contributed by atoms with Gasteiger partial charge in [0.15, 0.2) is 0 Å². The number of oxime groups is 1. The third kappa shape index (κ3) is 6.99. The highest BCUT2D eigenvalue weighted by Gasteiger charge is 2.22. The Hall–Kier alpha value is -5.22. The van der Waals surface area contributed by atoms with Gasteiger partial charge in [-0.1, -0.05) is 83.2 Å². The van der Waals surface area contributed by atoms with Crippen LogP contribution >= 0.6 is 11.3 Å². The van der Waals surface area contributed by atoms with Crippen LogP contribution in [0.5, 0.6) is 5.75 Å². The molecule has 0 bridgehead atoms. The SMILES string of the molecule is COC(=O)C(Cc1ccc(OCCn2c(=O)sc3cc(C(=NO)c4ccccc4)ccc32)cc1)NC(=O)c1ccccc1. The van der Waals surface area contributed by atoms with E-state index in [9.17, 15) is 19.6 Å². The Bertz CT molecular complexity index is 1800. The molecule has 1 unspecified atom stereocenters. The molecule has 0 spiro atoms. The predicted molar refractivity (Wildman–Crippen MR) is 165 cm³/mol. The van der Waals surface area contributed by atoms with E-state index in [1.54, 1.807) is 41.0 Å². The summed E-state index contributed by atoms with van der Waals surface area (Å²) in [4.78, 5) is 37.6. The lowest BCUT2D eigenvalue weighted by Crippen LogP contribution is -2.43. The van der Waals surface area contributed by atoms with Gasteiger partial charge in [-0.25, -0.2) is 4.79 Å². The molecule has 9 nitrogen and oxygen atoms in total. The van der Waals surface area contributed by atoms with Crippen molar-refractivity contribution in [3.63, 3.8) is 0 Å². The van der Waals surface area contributed by atoms with Gasteiger partial charge >= 0.3 is 10.8 Å². The number of esters is 1. The van der Waals surface area contributed by atoms with Gasteiger partial charge in [-0.2, -0.15) is 0 Å². The summed E-state index contributed by atoms with van der Waals surface area (Å²) in [6.07, 6.45) is 0.247. The molecule has 218 valence electrons. The Morgan fingerprint density at radius 2 is 1.58 bits per heavy atom. The maximum Gasteiger partial charge on any atom is 0.328 e. The van der Waals surface area contributed by atoms with Crippen LogP contribution in [-0.4, -0.2) is 47.1 Å². The van der Waals surface area contributed by atoms with E-state index in [1.165, 1.54) is 7.11 Å². The van der Waals surface area contributed by atoms with E-state index in [0.717, 1.165) is 32.7 Å². The summed E-state index contributed by atoms with van der Waals surface area (Å²) in [6, 6.07) is 29.9. The highest BCUT2D eigenvalue weighted by Crippen LogP contribution is 2.22. The van der Waals surface area contributed by atoms with Crippen molar-refractivity contribution in [2.45, 2.75) is 19.0 Å². The zero-order valence-electron chi connectivity index (χ0n) is 23.3. The number of thiazole rings is 1. The zero-order valence-corrected chi connectivity index (χ0v) is 24.1. The van der Waals surface area contributed by atoms with Crippen molar-refractivity contribution in [1.29, 1.82) is 0 Å². The number of aromatic nitrogens is 1. The summed E-state index contributed by atoms with van der Waals surface area (Å²) in [5.74, 6) is -0.292.